The third-order valence-corrected chi connectivity index (χ3v) is 19.1. The molecule has 0 amide bonds. The molecule has 2 aromatic carbocycles. The van der Waals surface area contributed by atoms with Crippen LogP contribution in [0, 0.1) is 23.1 Å². The lowest BCUT2D eigenvalue weighted by Crippen LogP contribution is -2.48. The van der Waals surface area contributed by atoms with Crippen molar-refractivity contribution in [1.82, 2.24) is 19.9 Å². The highest BCUT2D eigenvalue weighted by Crippen LogP contribution is 2.46. The number of fused-ring (bicyclic) bond motifs is 4. The number of morpholine rings is 1. The standard InChI is InChI=1S/C43H52F3N5O5Si/c1-25(2)57(26(3)4,27(5)6)16-11-32-34(45)10-9-28-17-31(56-24-52-7)18-33(35(28)32)38-37(46)39-36-40(51-14-15-53-21-30(51)22-54-41(36)47-38)49-42(48-39)55-23-43-12-8-13-50(43)20-29(44)19-43/h9-10,17-18,25-27,29-30H,8,12-15,19-24H2,1-7H3/t29-,30?,43+/m1/s1. The van der Waals surface area contributed by atoms with Gasteiger partial charge in [0, 0.05) is 37.6 Å². The van der Waals surface area contributed by atoms with Gasteiger partial charge in [0.15, 0.2) is 12.6 Å². The summed E-state index contributed by atoms with van der Waals surface area (Å²) in [5.41, 5.74) is 4.40. The van der Waals surface area contributed by atoms with Gasteiger partial charge in [0.1, 0.15) is 61.4 Å². The molecule has 14 heteroatoms. The Morgan fingerprint density at radius 2 is 1.77 bits per heavy atom. The molecule has 4 aromatic rings. The van der Waals surface area contributed by atoms with Gasteiger partial charge in [-0.2, -0.15) is 9.97 Å². The minimum atomic E-state index is -2.31. The molecule has 2 aromatic heterocycles. The summed E-state index contributed by atoms with van der Waals surface area (Å²) >= 11 is 0. The number of aromatic nitrogens is 3. The molecule has 0 spiro atoms. The Labute approximate surface area is 333 Å². The number of rotatable bonds is 10. The molecule has 0 N–H and O–H groups in total. The van der Waals surface area contributed by atoms with Crippen molar-refractivity contribution in [2.24, 2.45) is 0 Å². The van der Waals surface area contributed by atoms with Crippen LogP contribution in [0.5, 0.6) is 17.6 Å². The molecule has 4 aliphatic rings. The highest BCUT2D eigenvalue weighted by Gasteiger charge is 2.49. The van der Waals surface area contributed by atoms with E-state index in [1.54, 1.807) is 18.2 Å². The lowest BCUT2D eigenvalue weighted by Gasteiger charge is -2.38. The van der Waals surface area contributed by atoms with E-state index in [9.17, 15) is 4.39 Å². The van der Waals surface area contributed by atoms with E-state index >= 15 is 8.78 Å². The number of halogens is 3. The zero-order valence-electron chi connectivity index (χ0n) is 33.9. The zero-order valence-corrected chi connectivity index (χ0v) is 34.9. The quantitative estimate of drug-likeness (QED) is 0.0888. The first-order valence-corrected chi connectivity index (χ1v) is 22.4. The van der Waals surface area contributed by atoms with Gasteiger partial charge in [0.2, 0.25) is 5.88 Å². The topological polar surface area (TPSA) is 91.3 Å². The summed E-state index contributed by atoms with van der Waals surface area (Å²) in [4.78, 5) is 18.6. The van der Waals surface area contributed by atoms with Crippen LogP contribution in [0.1, 0.15) is 66.4 Å². The maximum absolute atomic E-state index is 17.7. The summed E-state index contributed by atoms with van der Waals surface area (Å²) in [6.07, 6.45) is 1.17. The van der Waals surface area contributed by atoms with Crippen molar-refractivity contribution in [3.63, 3.8) is 0 Å². The molecule has 304 valence electrons. The Morgan fingerprint density at radius 1 is 0.982 bits per heavy atom. The van der Waals surface area contributed by atoms with Crippen LogP contribution in [0.2, 0.25) is 16.6 Å². The molecule has 57 heavy (non-hydrogen) atoms. The molecule has 0 saturated carbocycles. The first-order valence-electron chi connectivity index (χ1n) is 20.2. The molecule has 3 saturated heterocycles. The molecule has 10 nitrogen and oxygen atoms in total. The van der Waals surface area contributed by atoms with E-state index in [1.807, 2.05) is 4.90 Å². The summed E-state index contributed by atoms with van der Waals surface area (Å²) in [6.45, 7) is 16.0. The van der Waals surface area contributed by atoms with Crippen LogP contribution in [0.3, 0.4) is 0 Å². The van der Waals surface area contributed by atoms with E-state index in [0.717, 1.165) is 19.4 Å². The average Bonchev–Trinajstić information content (AvgIpc) is 3.66. The van der Waals surface area contributed by atoms with Gasteiger partial charge in [-0.25, -0.2) is 18.2 Å². The number of benzene rings is 2. The summed E-state index contributed by atoms with van der Waals surface area (Å²) in [7, 11) is -0.801. The second-order valence-corrected chi connectivity index (χ2v) is 22.5. The van der Waals surface area contributed by atoms with Gasteiger partial charge >= 0.3 is 6.01 Å². The normalized spacial score (nSPS) is 22.2. The average molecular weight is 804 g/mol. The summed E-state index contributed by atoms with van der Waals surface area (Å²) < 4.78 is 78.4. The van der Waals surface area contributed by atoms with Crippen LogP contribution in [0.25, 0.3) is 32.9 Å². The molecule has 3 fully saturated rings. The summed E-state index contributed by atoms with van der Waals surface area (Å²) in [5, 5.41) is 1.30. The van der Waals surface area contributed by atoms with Gasteiger partial charge in [0.05, 0.1) is 30.4 Å². The van der Waals surface area contributed by atoms with Crippen molar-refractivity contribution in [3.05, 3.63) is 41.5 Å². The third kappa shape index (κ3) is 6.88. The molecule has 4 aliphatic heterocycles. The van der Waals surface area contributed by atoms with Gasteiger partial charge in [-0.15, -0.1) is 5.54 Å². The van der Waals surface area contributed by atoms with Gasteiger partial charge < -0.3 is 28.6 Å². The fraction of sp³-hybridized carbons (Fsp3) is 0.558. The van der Waals surface area contributed by atoms with Crippen LogP contribution in [-0.2, 0) is 9.47 Å². The van der Waals surface area contributed by atoms with E-state index in [2.05, 4.69) is 57.9 Å². The molecule has 0 bridgehead atoms. The number of ether oxygens (including phenoxy) is 5. The van der Waals surface area contributed by atoms with Crippen molar-refractivity contribution >= 4 is 35.6 Å². The Hall–Kier alpha value is -4.16. The highest BCUT2D eigenvalue weighted by molar-refractivity contribution is 6.90. The van der Waals surface area contributed by atoms with Gasteiger partial charge in [-0.05, 0) is 59.6 Å². The third-order valence-electron chi connectivity index (χ3n) is 12.8. The Morgan fingerprint density at radius 3 is 2.53 bits per heavy atom. The molecule has 6 heterocycles. The number of hydrogen-bond donors (Lipinski definition) is 0. The van der Waals surface area contributed by atoms with Gasteiger partial charge in [-0.1, -0.05) is 53.5 Å². The fourth-order valence-electron chi connectivity index (χ4n) is 10.1. The number of anilines is 1. The number of pyridine rings is 1. The Bertz CT molecular complexity index is 2230. The van der Waals surface area contributed by atoms with Crippen LogP contribution >= 0.6 is 0 Å². The number of nitrogens with zero attached hydrogens (tertiary/aromatic N) is 5. The molecular formula is C43H52F3N5O5Si. The highest BCUT2D eigenvalue weighted by atomic mass is 28.3. The lowest BCUT2D eigenvalue weighted by atomic mass is 9.95. The zero-order chi connectivity index (χ0) is 40.2. The first-order chi connectivity index (χ1) is 27.4. The predicted octanol–water partition coefficient (Wildman–Crippen LogP) is 8.23. The lowest BCUT2D eigenvalue weighted by molar-refractivity contribution is 0.0512. The predicted molar refractivity (Wildman–Crippen MR) is 217 cm³/mol. The van der Waals surface area contributed by atoms with Crippen molar-refractivity contribution in [3.8, 4) is 40.4 Å². The smallest absolute Gasteiger partial charge is 0.319 e. The molecular weight excluding hydrogens is 752 g/mol. The van der Waals surface area contributed by atoms with Gasteiger partial charge in [-0.3, -0.25) is 4.90 Å². The Balaban J connectivity index is 1.35. The minimum absolute atomic E-state index is 0.0211. The van der Waals surface area contributed by atoms with Crippen molar-refractivity contribution in [2.45, 2.75) is 95.2 Å². The van der Waals surface area contributed by atoms with Crippen LogP contribution in [-0.4, -0.2) is 106 Å². The van der Waals surface area contributed by atoms with Crippen LogP contribution in [0.15, 0.2) is 24.3 Å². The van der Waals surface area contributed by atoms with Crippen molar-refractivity contribution < 1.29 is 36.9 Å². The second-order valence-electron chi connectivity index (χ2n) is 16.9. The summed E-state index contributed by atoms with van der Waals surface area (Å²) in [6, 6.07) is 6.19. The molecule has 3 atom stereocenters. The Kier molecular flexibility index (Phi) is 10.8. The van der Waals surface area contributed by atoms with E-state index in [-0.39, 0.29) is 60.3 Å². The largest absolute Gasteiger partial charge is 0.475 e. The van der Waals surface area contributed by atoms with Gasteiger partial charge in [0.25, 0.3) is 0 Å². The monoisotopic (exact) mass is 803 g/mol. The number of alkyl halides is 1. The minimum Gasteiger partial charge on any atom is -0.475 e. The molecule has 1 unspecified atom stereocenters. The molecule has 8 rings (SSSR count). The molecule has 0 radical (unpaired) electrons. The van der Waals surface area contributed by atoms with Crippen molar-refractivity contribution in [2.75, 3.05) is 64.9 Å². The summed E-state index contributed by atoms with van der Waals surface area (Å²) in [5.74, 6) is 3.00. The maximum Gasteiger partial charge on any atom is 0.319 e. The van der Waals surface area contributed by atoms with Crippen molar-refractivity contribution in [1.29, 1.82) is 0 Å². The molecule has 0 aliphatic carbocycles. The fourth-order valence-corrected chi connectivity index (χ4v) is 15.3. The second kappa shape index (κ2) is 15.5. The number of hydrogen-bond acceptors (Lipinski definition) is 10. The van der Waals surface area contributed by atoms with Crippen LogP contribution < -0.4 is 19.1 Å². The maximum atomic E-state index is 17.7. The number of methoxy groups -OCH3 is 1. The van der Waals surface area contributed by atoms with Crippen LogP contribution in [0.4, 0.5) is 19.0 Å². The van der Waals surface area contributed by atoms with E-state index in [0.29, 0.717) is 77.1 Å². The van der Waals surface area contributed by atoms with E-state index in [4.69, 9.17) is 38.6 Å². The first kappa shape index (κ1) is 39.7. The SMILES string of the molecule is COCOc1cc(-c2nc3c4c(nc(OC[C@@]56CCCN5C[C@H](F)C6)nc4c2F)N2CCOCC2CO3)c2c(C#C[Si](C(C)C)(C(C)C)C(C)C)c(F)ccc2c1. The van der Waals surface area contributed by atoms with E-state index < -0.39 is 31.4 Å². The van der Waals surface area contributed by atoms with E-state index in [1.165, 1.54) is 13.2 Å².